The van der Waals surface area contributed by atoms with E-state index in [0.29, 0.717) is 25.3 Å². The molecule has 7 heteroatoms. The molecule has 23 heavy (non-hydrogen) atoms. The number of amides is 1. The van der Waals surface area contributed by atoms with Gasteiger partial charge in [-0.2, -0.15) is 0 Å². The van der Waals surface area contributed by atoms with Crippen molar-refractivity contribution in [2.24, 2.45) is 5.92 Å². The van der Waals surface area contributed by atoms with Crippen molar-refractivity contribution >= 4 is 11.9 Å². The van der Waals surface area contributed by atoms with Gasteiger partial charge in [-0.1, -0.05) is 19.8 Å². The first-order chi connectivity index (χ1) is 11.1. The fraction of sp³-hybridized carbons (Fsp3) is 0.688. The lowest BCUT2D eigenvalue weighted by molar-refractivity contribution is -0.155. The van der Waals surface area contributed by atoms with Gasteiger partial charge in [-0.15, -0.1) is 0 Å². The lowest BCUT2D eigenvalue weighted by Crippen LogP contribution is -2.42. The molecular formula is C16H23FN2O4. The van der Waals surface area contributed by atoms with Crippen LogP contribution in [0.4, 0.5) is 4.39 Å². The number of halogens is 1. The molecule has 0 saturated carbocycles. The molecular weight excluding hydrogens is 303 g/mol. The second kappa shape index (κ2) is 8.08. The molecule has 0 N–H and O–H groups in total. The monoisotopic (exact) mass is 326 g/mol. The summed E-state index contributed by atoms with van der Waals surface area (Å²) in [7, 11) is 1.13. The second-order valence-corrected chi connectivity index (χ2v) is 5.73. The number of carbonyl (C=O) groups excluding carboxylic acids is 2. The third kappa shape index (κ3) is 3.89. The van der Waals surface area contributed by atoms with E-state index in [1.54, 1.807) is 4.90 Å². The van der Waals surface area contributed by atoms with Crippen LogP contribution in [-0.2, 0) is 14.3 Å². The number of rotatable bonds is 7. The number of nitrogens with zero attached hydrogens (tertiary/aromatic N) is 2. The largest absolute Gasteiger partial charge is 0.467 e. The summed E-state index contributed by atoms with van der Waals surface area (Å²) in [5.41, 5.74) is 0. The number of hydrogen-bond donors (Lipinski definition) is 0. The lowest BCUT2D eigenvalue weighted by Gasteiger charge is -2.28. The van der Waals surface area contributed by atoms with Gasteiger partial charge < -0.3 is 14.1 Å². The molecule has 0 unspecified atom stereocenters. The van der Waals surface area contributed by atoms with E-state index in [4.69, 9.17) is 4.42 Å². The number of unbranched alkanes of at least 4 members (excludes halogenated alkanes) is 1. The summed E-state index contributed by atoms with van der Waals surface area (Å²) in [4.78, 5) is 30.1. The van der Waals surface area contributed by atoms with Crippen molar-refractivity contribution in [3.8, 4) is 0 Å². The van der Waals surface area contributed by atoms with E-state index in [2.05, 4.69) is 9.72 Å². The van der Waals surface area contributed by atoms with Crippen molar-refractivity contribution < 1.29 is 23.1 Å². The van der Waals surface area contributed by atoms with Crippen molar-refractivity contribution in [3.63, 3.8) is 0 Å². The van der Waals surface area contributed by atoms with E-state index in [1.165, 1.54) is 12.5 Å². The lowest BCUT2D eigenvalue weighted by atomic mass is 9.94. The SMILES string of the molecule is CCCC[C@@H](C(=O)N1CCC[C@H]1c1ncco1)[C@@H](F)C(=O)OC. The highest BCUT2D eigenvalue weighted by Crippen LogP contribution is 2.34. The summed E-state index contributed by atoms with van der Waals surface area (Å²) in [5.74, 6) is -1.92. The Hall–Kier alpha value is -1.92. The second-order valence-electron chi connectivity index (χ2n) is 5.73. The van der Waals surface area contributed by atoms with Crippen molar-refractivity contribution in [1.82, 2.24) is 9.88 Å². The third-order valence-corrected chi connectivity index (χ3v) is 4.24. The molecule has 1 aliphatic heterocycles. The zero-order chi connectivity index (χ0) is 16.8. The number of ether oxygens (including phenoxy) is 1. The van der Waals surface area contributed by atoms with E-state index in [9.17, 15) is 14.0 Å². The van der Waals surface area contributed by atoms with E-state index >= 15 is 0 Å². The van der Waals surface area contributed by atoms with Crippen molar-refractivity contribution in [1.29, 1.82) is 0 Å². The Morgan fingerprint density at radius 3 is 2.96 bits per heavy atom. The van der Waals surface area contributed by atoms with Gasteiger partial charge in [-0.3, -0.25) is 4.79 Å². The highest BCUT2D eigenvalue weighted by molar-refractivity contribution is 5.87. The molecule has 128 valence electrons. The number of esters is 1. The van der Waals surface area contributed by atoms with Gasteiger partial charge in [0, 0.05) is 6.54 Å². The average molecular weight is 326 g/mol. The number of alkyl halides is 1. The van der Waals surface area contributed by atoms with Gasteiger partial charge >= 0.3 is 5.97 Å². The molecule has 1 aliphatic rings. The van der Waals surface area contributed by atoms with Gasteiger partial charge in [0.25, 0.3) is 0 Å². The van der Waals surface area contributed by atoms with Gasteiger partial charge in [0.15, 0.2) is 0 Å². The minimum absolute atomic E-state index is 0.286. The first kappa shape index (κ1) is 17.4. The molecule has 1 aromatic heterocycles. The smallest absolute Gasteiger partial charge is 0.341 e. The van der Waals surface area contributed by atoms with Gasteiger partial charge in [-0.25, -0.2) is 14.2 Å². The standard InChI is InChI=1S/C16H23FN2O4/c1-3-4-6-11(13(17)16(21)22-2)15(20)19-9-5-7-12(19)14-18-8-10-23-14/h8,10-13H,3-7,9H2,1-2H3/t11-,12+,13-/m1/s1. The highest BCUT2D eigenvalue weighted by Gasteiger charge is 2.41. The third-order valence-electron chi connectivity index (χ3n) is 4.24. The quantitative estimate of drug-likeness (QED) is 0.720. The van der Waals surface area contributed by atoms with Gasteiger partial charge in [-0.05, 0) is 19.3 Å². The molecule has 0 aliphatic carbocycles. The Labute approximate surface area is 135 Å². The van der Waals surface area contributed by atoms with Crippen LogP contribution in [0.2, 0.25) is 0 Å². The molecule has 6 nitrogen and oxygen atoms in total. The summed E-state index contributed by atoms with van der Waals surface area (Å²) >= 11 is 0. The molecule has 0 radical (unpaired) electrons. The molecule has 1 saturated heterocycles. The minimum Gasteiger partial charge on any atom is -0.467 e. The van der Waals surface area contributed by atoms with Crippen molar-refractivity contribution in [3.05, 3.63) is 18.4 Å². The maximum Gasteiger partial charge on any atom is 0.341 e. The summed E-state index contributed by atoms with van der Waals surface area (Å²) < 4.78 is 24.2. The fourth-order valence-electron chi connectivity index (χ4n) is 3.00. The first-order valence-electron chi connectivity index (χ1n) is 8.01. The van der Waals surface area contributed by atoms with Crippen LogP contribution in [0, 0.1) is 5.92 Å². The van der Waals surface area contributed by atoms with Gasteiger partial charge in [0.2, 0.25) is 18.0 Å². The normalized spacial score (nSPS) is 20.3. The summed E-state index contributed by atoms with van der Waals surface area (Å²) in [5, 5.41) is 0. The number of aromatic nitrogens is 1. The number of oxazole rings is 1. The van der Waals surface area contributed by atoms with Crippen molar-refractivity contribution in [2.75, 3.05) is 13.7 Å². The summed E-state index contributed by atoms with van der Waals surface area (Å²) in [6, 6.07) is -0.286. The zero-order valence-corrected chi connectivity index (χ0v) is 13.5. The van der Waals surface area contributed by atoms with Crippen LogP contribution in [-0.4, -0.2) is 41.6 Å². The van der Waals surface area contributed by atoms with Crippen LogP contribution < -0.4 is 0 Å². The molecule has 1 amide bonds. The maximum atomic E-state index is 14.4. The molecule has 2 heterocycles. The fourth-order valence-corrected chi connectivity index (χ4v) is 3.00. The Kier molecular flexibility index (Phi) is 6.12. The first-order valence-corrected chi connectivity index (χ1v) is 8.01. The molecule has 1 aromatic rings. The number of hydrogen-bond acceptors (Lipinski definition) is 5. The van der Waals surface area contributed by atoms with Gasteiger partial charge in [0.05, 0.1) is 19.2 Å². The summed E-state index contributed by atoms with van der Waals surface area (Å²) in [6.45, 7) is 2.47. The molecule has 0 aromatic carbocycles. The van der Waals surface area contributed by atoms with Crippen LogP contribution in [0.25, 0.3) is 0 Å². The Morgan fingerprint density at radius 2 is 2.35 bits per heavy atom. The number of methoxy groups -OCH3 is 1. The van der Waals surface area contributed by atoms with E-state index in [1.807, 2.05) is 6.92 Å². The van der Waals surface area contributed by atoms with Crippen LogP contribution >= 0.6 is 0 Å². The Bertz CT molecular complexity index is 520. The average Bonchev–Trinajstić information content (AvgIpc) is 3.24. The number of likely N-dealkylation sites (tertiary alicyclic amines) is 1. The molecule has 3 atom stereocenters. The topological polar surface area (TPSA) is 72.6 Å². The molecule has 0 spiro atoms. The van der Waals surface area contributed by atoms with Crippen LogP contribution in [0.5, 0.6) is 0 Å². The summed E-state index contributed by atoms with van der Waals surface area (Å²) in [6.07, 6.45) is 4.38. The highest BCUT2D eigenvalue weighted by atomic mass is 19.1. The molecule has 1 fully saturated rings. The van der Waals surface area contributed by atoms with Crippen LogP contribution in [0.15, 0.2) is 16.9 Å². The minimum atomic E-state index is -1.94. The van der Waals surface area contributed by atoms with Crippen LogP contribution in [0.3, 0.4) is 0 Å². The Morgan fingerprint density at radius 1 is 1.57 bits per heavy atom. The predicted molar refractivity (Wildman–Crippen MR) is 80.1 cm³/mol. The maximum absolute atomic E-state index is 14.4. The van der Waals surface area contributed by atoms with E-state index in [0.717, 1.165) is 26.4 Å². The molecule has 2 rings (SSSR count). The van der Waals surface area contributed by atoms with Crippen molar-refractivity contribution in [2.45, 2.75) is 51.2 Å². The predicted octanol–water partition coefficient (Wildman–Crippen LogP) is 2.66. The van der Waals surface area contributed by atoms with E-state index in [-0.39, 0.29) is 11.9 Å². The van der Waals surface area contributed by atoms with Crippen LogP contribution in [0.1, 0.15) is 51.0 Å². The van der Waals surface area contributed by atoms with Gasteiger partial charge in [0.1, 0.15) is 12.3 Å². The molecule has 0 bridgehead atoms. The zero-order valence-electron chi connectivity index (χ0n) is 13.5. The van der Waals surface area contributed by atoms with E-state index < -0.39 is 18.1 Å². The number of carbonyl (C=O) groups is 2. The Balaban J connectivity index is 2.16.